The number of aryl methyl sites for hydroxylation is 1. The molecule has 0 aromatic heterocycles. The zero-order valence-electron chi connectivity index (χ0n) is 15.0. The van der Waals surface area contributed by atoms with Crippen LogP contribution in [0.1, 0.15) is 57.6 Å². The lowest BCUT2D eigenvalue weighted by atomic mass is 9.90. The number of alkyl carbamates (subject to hydrolysis) is 1. The fourth-order valence-corrected chi connectivity index (χ4v) is 3.18. The van der Waals surface area contributed by atoms with E-state index in [-0.39, 0.29) is 18.2 Å². The molecule has 1 fully saturated rings. The minimum absolute atomic E-state index is 0.0389. The summed E-state index contributed by atoms with van der Waals surface area (Å²) in [5.74, 6) is 0. The van der Waals surface area contributed by atoms with Crippen molar-refractivity contribution in [3.8, 4) is 0 Å². The van der Waals surface area contributed by atoms with Gasteiger partial charge in [0.2, 0.25) is 0 Å². The Morgan fingerprint density at radius 2 is 1.62 bits per heavy atom. The van der Waals surface area contributed by atoms with Crippen LogP contribution >= 0.6 is 12.2 Å². The number of thiocarbonyl (C=S) groups is 1. The lowest BCUT2D eigenvalue weighted by molar-refractivity contribution is 0.0483. The number of carbonyl (C=O) groups is 1. The second-order valence-electron chi connectivity index (χ2n) is 7.48. The van der Waals surface area contributed by atoms with Crippen molar-refractivity contribution in [1.82, 2.24) is 10.6 Å². The molecule has 0 heterocycles. The molecule has 4 nitrogen and oxygen atoms in total. The third-order valence-electron chi connectivity index (χ3n) is 4.10. The standard InChI is InChI=1S/C19H28N2O2S/c1-13-9-11-14(12-10-13)17(24)20-15-7-5-6-8-16(15)21-18(22)23-19(2,3)4/h9-12,15-16H,5-8H2,1-4H3,(H,20,24)(H,21,22). The summed E-state index contributed by atoms with van der Waals surface area (Å²) in [6, 6.07) is 8.35. The first kappa shape index (κ1) is 18.7. The summed E-state index contributed by atoms with van der Waals surface area (Å²) >= 11 is 5.54. The minimum atomic E-state index is -0.487. The maximum Gasteiger partial charge on any atom is 0.407 e. The van der Waals surface area contributed by atoms with Crippen molar-refractivity contribution in [3.05, 3.63) is 35.4 Å². The minimum Gasteiger partial charge on any atom is -0.444 e. The third-order valence-corrected chi connectivity index (χ3v) is 4.45. The van der Waals surface area contributed by atoms with E-state index in [4.69, 9.17) is 17.0 Å². The maximum absolute atomic E-state index is 12.1. The van der Waals surface area contributed by atoms with Gasteiger partial charge in [-0.25, -0.2) is 4.79 Å². The molecule has 0 saturated heterocycles. The largest absolute Gasteiger partial charge is 0.444 e. The van der Waals surface area contributed by atoms with E-state index < -0.39 is 5.60 Å². The van der Waals surface area contributed by atoms with Gasteiger partial charge in [-0.1, -0.05) is 54.9 Å². The van der Waals surface area contributed by atoms with Crippen LogP contribution in [0.5, 0.6) is 0 Å². The summed E-state index contributed by atoms with van der Waals surface area (Å²) in [6.45, 7) is 7.67. The molecule has 0 spiro atoms. The van der Waals surface area contributed by atoms with Crippen molar-refractivity contribution in [2.45, 2.75) is 71.1 Å². The van der Waals surface area contributed by atoms with Crippen LogP contribution in [-0.2, 0) is 4.74 Å². The highest BCUT2D eigenvalue weighted by molar-refractivity contribution is 7.80. The second kappa shape index (κ2) is 7.97. The number of rotatable bonds is 3. The lowest BCUT2D eigenvalue weighted by Gasteiger charge is -2.34. The average Bonchev–Trinajstić information content (AvgIpc) is 2.48. The predicted octanol–water partition coefficient (Wildman–Crippen LogP) is 4.10. The number of hydrogen-bond donors (Lipinski definition) is 2. The van der Waals surface area contributed by atoms with Crippen LogP contribution in [0.25, 0.3) is 0 Å². The molecule has 1 aromatic carbocycles. The van der Waals surface area contributed by atoms with E-state index in [9.17, 15) is 4.79 Å². The number of nitrogens with one attached hydrogen (secondary N) is 2. The van der Waals surface area contributed by atoms with Crippen molar-refractivity contribution >= 4 is 23.3 Å². The molecular weight excluding hydrogens is 320 g/mol. The maximum atomic E-state index is 12.1. The van der Waals surface area contributed by atoms with Crippen LogP contribution in [0.2, 0.25) is 0 Å². The van der Waals surface area contributed by atoms with Gasteiger partial charge in [-0.05, 0) is 40.5 Å². The van der Waals surface area contributed by atoms with Gasteiger partial charge in [0.1, 0.15) is 10.6 Å². The first-order valence-corrected chi connectivity index (χ1v) is 9.02. The molecule has 1 aliphatic carbocycles. The molecule has 1 aliphatic rings. The van der Waals surface area contributed by atoms with Gasteiger partial charge in [-0.2, -0.15) is 0 Å². The first-order valence-electron chi connectivity index (χ1n) is 8.62. The Bertz CT molecular complexity index is 578. The number of hydrogen-bond acceptors (Lipinski definition) is 3. The van der Waals surface area contributed by atoms with Gasteiger partial charge >= 0.3 is 6.09 Å². The Morgan fingerprint density at radius 1 is 1.08 bits per heavy atom. The van der Waals surface area contributed by atoms with Crippen LogP contribution in [0.15, 0.2) is 24.3 Å². The number of benzene rings is 1. The van der Waals surface area contributed by atoms with Crippen molar-refractivity contribution in [3.63, 3.8) is 0 Å². The van der Waals surface area contributed by atoms with Gasteiger partial charge in [0, 0.05) is 11.6 Å². The van der Waals surface area contributed by atoms with Crippen LogP contribution in [0, 0.1) is 6.92 Å². The van der Waals surface area contributed by atoms with Crippen LogP contribution < -0.4 is 10.6 Å². The highest BCUT2D eigenvalue weighted by Gasteiger charge is 2.28. The lowest BCUT2D eigenvalue weighted by Crippen LogP contribution is -2.53. The quantitative estimate of drug-likeness (QED) is 0.808. The molecule has 1 amide bonds. The molecule has 2 unspecified atom stereocenters. The van der Waals surface area contributed by atoms with Crippen LogP contribution in [0.4, 0.5) is 4.79 Å². The molecule has 0 radical (unpaired) electrons. The van der Waals surface area contributed by atoms with E-state index in [2.05, 4.69) is 29.7 Å². The fraction of sp³-hybridized carbons (Fsp3) is 0.579. The second-order valence-corrected chi connectivity index (χ2v) is 7.89. The number of ether oxygens (including phenoxy) is 1. The first-order chi connectivity index (χ1) is 11.2. The Hall–Kier alpha value is -1.62. The molecule has 2 atom stereocenters. The van der Waals surface area contributed by atoms with Gasteiger partial charge in [0.05, 0.1) is 6.04 Å². The molecule has 0 aliphatic heterocycles. The summed E-state index contributed by atoms with van der Waals surface area (Å²) < 4.78 is 5.38. The SMILES string of the molecule is Cc1ccc(C(=S)NC2CCCCC2NC(=O)OC(C)(C)C)cc1. The normalized spacial score (nSPS) is 21.0. The highest BCUT2D eigenvalue weighted by Crippen LogP contribution is 2.20. The summed E-state index contributed by atoms with van der Waals surface area (Å²) in [4.78, 5) is 12.8. The molecule has 1 saturated carbocycles. The molecular formula is C19H28N2O2S. The summed E-state index contributed by atoms with van der Waals surface area (Å²) in [5, 5.41) is 6.44. The average molecular weight is 349 g/mol. The Labute approximate surface area is 150 Å². The van der Waals surface area contributed by atoms with Gasteiger partial charge in [-0.3, -0.25) is 0 Å². The zero-order chi connectivity index (χ0) is 17.7. The monoisotopic (exact) mass is 348 g/mol. The summed E-state index contributed by atoms with van der Waals surface area (Å²) in [7, 11) is 0. The molecule has 5 heteroatoms. The van der Waals surface area contributed by atoms with Gasteiger partial charge in [-0.15, -0.1) is 0 Å². The van der Waals surface area contributed by atoms with E-state index in [1.165, 1.54) is 5.56 Å². The zero-order valence-corrected chi connectivity index (χ0v) is 15.8. The molecule has 1 aromatic rings. The van der Waals surface area contributed by atoms with Crippen LogP contribution in [0.3, 0.4) is 0 Å². The van der Waals surface area contributed by atoms with E-state index in [1.807, 2.05) is 32.9 Å². The Balaban J connectivity index is 1.97. The van der Waals surface area contributed by atoms with Crippen molar-refractivity contribution in [2.24, 2.45) is 0 Å². The molecule has 2 rings (SSSR count). The van der Waals surface area contributed by atoms with Crippen LogP contribution in [-0.4, -0.2) is 28.8 Å². The van der Waals surface area contributed by atoms with E-state index in [0.717, 1.165) is 36.2 Å². The van der Waals surface area contributed by atoms with E-state index >= 15 is 0 Å². The van der Waals surface area contributed by atoms with Gasteiger partial charge in [0.15, 0.2) is 0 Å². The van der Waals surface area contributed by atoms with Gasteiger partial charge < -0.3 is 15.4 Å². The molecule has 2 N–H and O–H groups in total. The summed E-state index contributed by atoms with van der Waals surface area (Å²) in [6.07, 6.45) is 3.82. The fourth-order valence-electron chi connectivity index (χ4n) is 2.89. The molecule has 132 valence electrons. The van der Waals surface area contributed by atoms with Gasteiger partial charge in [0.25, 0.3) is 0 Å². The Kier molecular flexibility index (Phi) is 6.21. The van der Waals surface area contributed by atoms with E-state index in [1.54, 1.807) is 0 Å². The summed E-state index contributed by atoms with van der Waals surface area (Å²) in [5.41, 5.74) is 1.74. The predicted molar refractivity (Wildman–Crippen MR) is 101 cm³/mol. The molecule has 24 heavy (non-hydrogen) atoms. The number of amides is 1. The van der Waals surface area contributed by atoms with E-state index in [0.29, 0.717) is 0 Å². The number of carbonyl (C=O) groups excluding carboxylic acids is 1. The topological polar surface area (TPSA) is 50.4 Å². The molecule has 0 bridgehead atoms. The van der Waals surface area contributed by atoms with Crippen molar-refractivity contribution in [1.29, 1.82) is 0 Å². The third kappa shape index (κ3) is 5.78. The Morgan fingerprint density at radius 3 is 2.17 bits per heavy atom. The smallest absolute Gasteiger partial charge is 0.407 e. The van der Waals surface area contributed by atoms with Crippen molar-refractivity contribution < 1.29 is 9.53 Å². The highest BCUT2D eigenvalue weighted by atomic mass is 32.1. The van der Waals surface area contributed by atoms with Crippen molar-refractivity contribution in [2.75, 3.05) is 0 Å².